The van der Waals surface area contributed by atoms with Crippen molar-refractivity contribution in [1.29, 1.82) is 0 Å². The van der Waals surface area contributed by atoms with Gasteiger partial charge < -0.3 is 8.98 Å². The molecule has 0 aliphatic heterocycles. The van der Waals surface area contributed by atoms with Crippen LogP contribution in [0.25, 0.3) is 115 Å². The molecule has 0 saturated heterocycles. The third kappa shape index (κ3) is 5.19. The molecule has 12 rings (SSSR count). The van der Waals surface area contributed by atoms with Gasteiger partial charge in [-0.05, 0) is 77.9 Å². The Morgan fingerprint density at radius 3 is 1.67 bits per heavy atom. The van der Waals surface area contributed by atoms with Crippen LogP contribution in [0, 0.1) is 0 Å². The average Bonchev–Trinajstić information content (AvgIpc) is 3.95. The van der Waals surface area contributed by atoms with Crippen LogP contribution in [0.5, 0.6) is 0 Å². The van der Waals surface area contributed by atoms with Gasteiger partial charge in [-0.2, -0.15) is 0 Å². The van der Waals surface area contributed by atoms with E-state index in [0.717, 1.165) is 44.3 Å². The predicted octanol–water partition coefficient (Wildman–Crippen LogP) is 13.9. The maximum absolute atomic E-state index is 6.12. The maximum Gasteiger partial charge on any atom is 0.164 e. The summed E-state index contributed by atoms with van der Waals surface area (Å²) in [6.45, 7) is 0. The number of fused-ring (bicyclic) bond motifs is 9. The van der Waals surface area contributed by atoms with Crippen molar-refractivity contribution >= 4 is 75.3 Å². The zero-order valence-corrected chi connectivity index (χ0v) is 31.2. The van der Waals surface area contributed by atoms with E-state index in [0.29, 0.717) is 17.5 Å². The van der Waals surface area contributed by atoms with E-state index in [4.69, 9.17) is 19.4 Å². The number of thiophene rings is 1. The molecule has 0 aliphatic rings. The Balaban J connectivity index is 0.960. The van der Waals surface area contributed by atoms with Gasteiger partial charge >= 0.3 is 0 Å². The highest BCUT2D eigenvalue weighted by molar-refractivity contribution is 7.25. The summed E-state index contributed by atoms with van der Waals surface area (Å²) in [5.74, 6) is 1.90. The van der Waals surface area contributed by atoms with Crippen molar-refractivity contribution in [3.63, 3.8) is 0 Å². The average molecular weight is 747 g/mol. The molecule has 0 spiro atoms. The lowest BCUT2D eigenvalue weighted by Gasteiger charge is -2.09. The number of furan rings is 1. The molecule has 0 bridgehead atoms. The standard InChI is InChI=1S/C51H30N4OS/c1-3-11-31(12-4-1)49-52-50(34-22-26-46-42(28-34)38-16-8-10-18-45(38)56-46)54-51(53-49)35-20-24-40-39-23-19-33(29-47(39)57-48(40)30-35)32-21-25-44-41(27-32)37-15-7-9-17-43(37)55(44)36-13-5-2-6-14-36/h1-30H. The molecule has 6 heteroatoms. The summed E-state index contributed by atoms with van der Waals surface area (Å²) in [5, 5.41) is 7.08. The molecule has 8 aromatic carbocycles. The van der Waals surface area contributed by atoms with Gasteiger partial charge in [0.25, 0.3) is 0 Å². The zero-order chi connectivity index (χ0) is 37.5. The third-order valence-electron chi connectivity index (χ3n) is 11.1. The second kappa shape index (κ2) is 12.6. The second-order valence-corrected chi connectivity index (χ2v) is 15.5. The van der Waals surface area contributed by atoms with Crippen molar-refractivity contribution in [3.05, 3.63) is 182 Å². The first kappa shape index (κ1) is 31.9. The molecule has 0 atom stereocenters. The first-order chi connectivity index (χ1) is 28.2. The predicted molar refractivity (Wildman–Crippen MR) is 236 cm³/mol. The van der Waals surface area contributed by atoms with Gasteiger partial charge in [0.1, 0.15) is 11.2 Å². The van der Waals surface area contributed by atoms with E-state index < -0.39 is 0 Å². The normalized spacial score (nSPS) is 11.9. The largest absolute Gasteiger partial charge is 0.456 e. The summed E-state index contributed by atoms with van der Waals surface area (Å²) in [5.41, 5.74) is 10.5. The lowest BCUT2D eigenvalue weighted by atomic mass is 10.0. The number of hydrogen-bond donors (Lipinski definition) is 0. The number of nitrogens with zero attached hydrogens (tertiary/aromatic N) is 4. The monoisotopic (exact) mass is 746 g/mol. The van der Waals surface area contributed by atoms with Crippen LogP contribution in [0.15, 0.2) is 186 Å². The van der Waals surface area contributed by atoms with Gasteiger partial charge in [-0.15, -0.1) is 11.3 Å². The van der Waals surface area contributed by atoms with E-state index in [2.05, 4.69) is 126 Å². The van der Waals surface area contributed by atoms with Crippen LogP contribution in [0.2, 0.25) is 0 Å². The molecular formula is C51H30N4OS. The van der Waals surface area contributed by atoms with Gasteiger partial charge in [-0.3, -0.25) is 0 Å². The molecule has 0 unspecified atom stereocenters. The molecule has 0 fully saturated rings. The van der Waals surface area contributed by atoms with Crippen LogP contribution in [0.3, 0.4) is 0 Å². The number of benzene rings is 8. The Labute approximate surface area is 330 Å². The Kier molecular flexibility index (Phi) is 7.03. The van der Waals surface area contributed by atoms with Gasteiger partial charge in [0, 0.05) is 64.1 Å². The van der Waals surface area contributed by atoms with E-state index in [9.17, 15) is 0 Å². The summed E-state index contributed by atoms with van der Waals surface area (Å²) in [7, 11) is 0. The number of aromatic nitrogens is 4. The van der Waals surface area contributed by atoms with Crippen LogP contribution in [0.4, 0.5) is 0 Å². The maximum atomic E-state index is 6.12. The topological polar surface area (TPSA) is 56.7 Å². The number of para-hydroxylation sites is 3. The fourth-order valence-corrected chi connectivity index (χ4v) is 9.50. The van der Waals surface area contributed by atoms with E-state index in [-0.39, 0.29) is 0 Å². The fourth-order valence-electron chi connectivity index (χ4n) is 8.32. The molecular weight excluding hydrogens is 717 g/mol. The molecule has 57 heavy (non-hydrogen) atoms. The minimum atomic E-state index is 0.621. The molecule has 0 aliphatic carbocycles. The van der Waals surface area contributed by atoms with Gasteiger partial charge in [0.05, 0.1) is 11.0 Å². The van der Waals surface area contributed by atoms with E-state index in [1.54, 1.807) is 11.3 Å². The molecule has 5 nitrogen and oxygen atoms in total. The van der Waals surface area contributed by atoms with Crippen molar-refractivity contribution in [3.8, 4) is 51.0 Å². The SMILES string of the molecule is c1ccc(-c2nc(-c3ccc4c(c3)sc3cc(-c5ccc6c(c5)c5ccccc5n6-c5ccccc5)ccc34)nc(-c3ccc4oc5ccccc5c4c3)n2)cc1. The molecule has 0 amide bonds. The van der Waals surface area contributed by atoms with Gasteiger partial charge in [0.15, 0.2) is 17.5 Å². The quantitative estimate of drug-likeness (QED) is 0.176. The van der Waals surface area contributed by atoms with Crippen LogP contribution < -0.4 is 0 Å². The Hall–Kier alpha value is -7.41. The van der Waals surface area contributed by atoms with Crippen molar-refractivity contribution in [2.75, 3.05) is 0 Å². The zero-order valence-electron chi connectivity index (χ0n) is 30.4. The first-order valence-electron chi connectivity index (χ1n) is 19.0. The summed E-state index contributed by atoms with van der Waals surface area (Å²) in [6.07, 6.45) is 0. The van der Waals surface area contributed by atoms with Gasteiger partial charge in [-0.1, -0.05) is 115 Å². The minimum Gasteiger partial charge on any atom is -0.456 e. The molecule has 0 saturated carbocycles. The molecule has 4 heterocycles. The lowest BCUT2D eigenvalue weighted by Crippen LogP contribution is -2.00. The van der Waals surface area contributed by atoms with Crippen molar-refractivity contribution < 1.29 is 4.42 Å². The smallest absolute Gasteiger partial charge is 0.164 e. The third-order valence-corrected chi connectivity index (χ3v) is 12.2. The van der Waals surface area contributed by atoms with Crippen LogP contribution in [-0.4, -0.2) is 19.5 Å². The highest BCUT2D eigenvalue weighted by Crippen LogP contribution is 2.40. The van der Waals surface area contributed by atoms with Crippen LogP contribution in [-0.2, 0) is 0 Å². The van der Waals surface area contributed by atoms with Crippen LogP contribution in [0.1, 0.15) is 0 Å². The Morgan fingerprint density at radius 2 is 0.877 bits per heavy atom. The van der Waals surface area contributed by atoms with Crippen molar-refractivity contribution in [2.24, 2.45) is 0 Å². The highest BCUT2D eigenvalue weighted by Gasteiger charge is 2.17. The highest BCUT2D eigenvalue weighted by atomic mass is 32.1. The van der Waals surface area contributed by atoms with Crippen molar-refractivity contribution in [1.82, 2.24) is 19.5 Å². The second-order valence-electron chi connectivity index (χ2n) is 14.4. The lowest BCUT2D eigenvalue weighted by molar-refractivity contribution is 0.669. The fraction of sp³-hybridized carbons (Fsp3) is 0. The summed E-state index contributed by atoms with van der Waals surface area (Å²) < 4.78 is 10.9. The van der Waals surface area contributed by atoms with Crippen LogP contribution >= 0.6 is 11.3 Å². The first-order valence-corrected chi connectivity index (χ1v) is 19.8. The molecule has 266 valence electrons. The van der Waals surface area contributed by atoms with E-state index in [1.807, 2.05) is 60.7 Å². The molecule has 0 radical (unpaired) electrons. The summed E-state index contributed by atoms with van der Waals surface area (Å²) in [4.78, 5) is 15.2. The van der Waals surface area contributed by atoms with E-state index in [1.165, 1.54) is 53.1 Å². The summed E-state index contributed by atoms with van der Waals surface area (Å²) in [6, 6.07) is 64.0. The molecule has 12 aromatic rings. The summed E-state index contributed by atoms with van der Waals surface area (Å²) >= 11 is 1.81. The van der Waals surface area contributed by atoms with E-state index >= 15 is 0 Å². The number of rotatable bonds is 5. The minimum absolute atomic E-state index is 0.621. The van der Waals surface area contributed by atoms with Gasteiger partial charge in [0.2, 0.25) is 0 Å². The molecule has 4 aromatic heterocycles. The molecule has 0 N–H and O–H groups in total. The Bertz CT molecular complexity index is 3530. The van der Waals surface area contributed by atoms with Gasteiger partial charge in [-0.25, -0.2) is 15.0 Å². The van der Waals surface area contributed by atoms with Crippen molar-refractivity contribution in [2.45, 2.75) is 0 Å². The number of hydrogen-bond acceptors (Lipinski definition) is 5. The Morgan fingerprint density at radius 1 is 0.351 bits per heavy atom.